The Kier molecular flexibility index (Phi) is 5.49. The second-order valence-corrected chi connectivity index (χ2v) is 6.66. The van der Waals surface area contributed by atoms with Crippen molar-refractivity contribution in [3.05, 3.63) is 17.6 Å². The Labute approximate surface area is 135 Å². The van der Waals surface area contributed by atoms with Crippen LogP contribution in [0.2, 0.25) is 0 Å². The first kappa shape index (κ1) is 18.0. The summed E-state index contributed by atoms with van der Waals surface area (Å²) >= 11 is 0. The van der Waals surface area contributed by atoms with Crippen molar-refractivity contribution in [3.63, 3.8) is 0 Å². The van der Waals surface area contributed by atoms with Gasteiger partial charge in [-0.3, -0.25) is 0 Å². The van der Waals surface area contributed by atoms with E-state index >= 15 is 0 Å². The molecule has 7 heteroatoms. The third-order valence-corrected chi connectivity index (χ3v) is 4.33. The van der Waals surface area contributed by atoms with Crippen LogP contribution in [0.4, 0.5) is 19.0 Å². The van der Waals surface area contributed by atoms with Crippen LogP contribution in [0.3, 0.4) is 0 Å². The highest BCUT2D eigenvalue weighted by atomic mass is 19.4. The lowest BCUT2D eigenvalue weighted by atomic mass is 10.1. The summed E-state index contributed by atoms with van der Waals surface area (Å²) in [7, 11) is 4.09. The van der Waals surface area contributed by atoms with Crippen molar-refractivity contribution in [1.29, 1.82) is 0 Å². The second kappa shape index (κ2) is 7.03. The molecule has 1 aliphatic heterocycles. The summed E-state index contributed by atoms with van der Waals surface area (Å²) in [6.45, 7) is 5.14. The molecule has 0 radical (unpaired) electrons. The third kappa shape index (κ3) is 4.56. The minimum Gasteiger partial charge on any atom is -0.356 e. The van der Waals surface area contributed by atoms with Gasteiger partial charge in [0.25, 0.3) is 0 Å². The average molecular weight is 330 g/mol. The van der Waals surface area contributed by atoms with E-state index in [-0.39, 0.29) is 5.92 Å². The molecule has 0 amide bonds. The van der Waals surface area contributed by atoms with Crippen LogP contribution >= 0.6 is 0 Å². The highest BCUT2D eigenvalue weighted by Crippen LogP contribution is 2.30. The molecule has 0 aromatic carbocycles. The van der Waals surface area contributed by atoms with E-state index in [4.69, 9.17) is 0 Å². The summed E-state index contributed by atoms with van der Waals surface area (Å²) in [5.41, 5.74) is 0.440. The largest absolute Gasteiger partial charge is 0.451 e. The summed E-state index contributed by atoms with van der Waals surface area (Å²) in [5.74, 6) is -0.707. The number of aromatic nitrogens is 2. The molecule has 1 fully saturated rings. The second-order valence-electron chi connectivity index (χ2n) is 6.66. The van der Waals surface area contributed by atoms with E-state index in [1.54, 1.807) is 6.07 Å². The lowest BCUT2D eigenvalue weighted by Gasteiger charge is -2.25. The number of alkyl halides is 3. The van der Waals surface area contributed by atoms with E-state index in [9.17, 15) is 13.2 Å². The number of hydrogen-bond acceptors (Lipinski definition) is 4. The zero-order valence-electron chi connectivity index (χ0n) is 14.2. The van der Waals surface area contributed by atoms with Crippen molar-refractivity contribution in [2.75, 3.05) is 32.1 Å². The smallest absolute Gasteiger partial charge is 0.356 e. The van der Waals surface area contributed by atoms with Gasteiger partial charge in [0.15, 0.2) is 0 Å². The number of nitrogens with zero attached hydrogens (tertiary/aromatic N) is 4. The molecule has 0 bridgehead atoms. The Morgan fingerprint density at radius 3 is 2.43 bits per heavy atom. The van der Waals surface area contributed by atoms with E-state index in [0.717, 1.165) is 25.8 Å². The van der Waals surface area contributed by atoms with Crippen molar-refractivity contribution < 1.29 is 13.2 Å². The monoisotopic (exact) mass is 330 g/mol. The van der Waals surface area contributed by atoms with Crippen LogP contribution in [0.1, 0.15) is 50.5 Å². The topological polar surface area (TPSA) is 32.3 Å². The lowest BCUT2D eigenvalue weighted by molar-refractivity contribution is -0.145. The summed E-state index contributed by atoms with van der Waals surface area (Å²) in [4.78, 5) is 11.6. The van der Waals surface area contributed by atoms with Gasteiger partial charge in [0.05, 0.1) is 0 Å². The van der Waals surface area contributed by atoms with Crippen molar-refractivity contribution in [3.8, 4) is 0 Å². The molecule has 4 nitrogen and oxygen atoms in total. The van der Waals surface area contributed by atoms with E-state index in [2.05, 4.69) is 14.9 Å². The first-order valence-electron chi connectivity index (χ1n) is 8.06. The van der Waals surface area contributed by atoms with Crippen LogP contribution in [0.15, 0.2) is 6.07 Å². The SMILES string of the molecule is CC(C)c1cc(N2CCC[C@H](N(C)C)CC2)nc(C(F)(F)F)n1. The van der Waals surface area contributed by atoms with Gasteiger partial charge in [-0.25, -0.2) is 9.97 Å². The molecule has 2 rings (SSSR count). The quantitative estimate of drug-likeness (QED) is 0.848. The number of rotatable bonds is 3. The van der Waals surface area contributed by atoms with Gasteiger partial charge in [-0.2, -0.15) is 13.2 Å². The summed E-state index contributed by atoms with van der Waals surface area (Å²) in [5, 5.41) is 0. The van der Waals surface area contributed by atoms with Crippen LogP contribution in [0.5, 0.6) is 0 Å². The van der Waals surface area contributed by atoms with Gasteiger partial charge >= 0.3 is 6.18 Å². The summed E-state index contributed by atoms with van der Waals surface area (Å²) in [6, 6.07) is 2.17. The lowest BCUT2D eigenvalue weighted by Crippen LogP contribution is -2.30. The molecule has 0 unspecified atom stereocenters. The van der Waals surface area contributed by atoms with E-state index in [1.807, 2.05) is 32.8 Å². The predicted octanol–water partition coefficient (Wildman–Crippen LogP) is 3.54. The molecule has 1 aliphatic rings. The van der Waals surface area contributed by atoms with Gasteiger partial charge in [0.1, 0.15) is 5.82 Å². The van der Waals surface area contributed by atoms with E-state index in [0.29, 0.717) is 24.1 Å². The number of halogens is 3. The van der Waals surface area contributed by atoms with Gasteiger partial charge in [0, 0.05) is 30.9 Å². The van der Waals surface area contributed by atoms with Crippen molar-refractivity contribution in [1.82, 2.24) is 14.9 Å². The molecule has 1 aromatic heterocycles. The van der Waals surface area contributed by atoms with Crippen LogP contribution < -0.4 is 4.90 Å². The summed E-state index contributed by atoms with van der Waals surface area (Å²) < 4.78 is 39.2. The van der Waals surface area contributed by atoms with E-state index in [1.165, 1.54) is 0 Å². The fourth-order valence-electron chi connectivity index (χ4n) is 2.86. The highest BCUT2D eigenvalue weighted by Gasteiger charge is 2.36. The molecule has 23 heavy (non-hydrogen) atoms. The molecule has 0 saturated carbocycles. The molecule has 1 saturated heterocycles. The fraction of sp³-hybridized carbons (Fsp3) is 0.750. The van der Waals surface area contributed by atoms with Gasteiger partial charge < -0.3 is 9.80 Å². The molecule has 0 N–H and O–H groups in total. The Bertz CT molecular complexity index is 529. The molecule has 130 valence electrons. The Balaban J connectivity index is 2.29. The maximum atomic E-state index is 13.1. The Hall–Kier alpha value is -1.37. The first-order chi connectivity index (χ1) is 10.7. The van der Waals surface area contributed by atoms with E-state index < -0.39 is 12.0 Å². The molecule has 2 heterocycles. The van der Waals surface area contributed by atoms with Crippen LogP contribution in [-0.4, -0.2) is 48.1 Å². The minimum absolute atomic E-state index is 0.0700. The molecule has 0 spiro atoms. The molecule has 1 atom stereocenters. The third-order valence-electron chi connectivity index (χ3n) is 4.33. The van der Waals surface area contributed by atoms with Crippen LogP contribution in [0, 0.1) is 0 Å². The first-order valence-corrected chi connectivity index (χ1v) is 8.06. The Morgan fingerprint density at radius 2 is 1.87 bits per heavy atom. The molecule has 0 aliphatic carbocycles. The van der Waals surface area contributed by atoms with Crippen molar-refractivity contribution >= 4 is 5.82 Å². The summed E-state index contributed by atoms with van der Waals surface area (Å²) in [6.07, 6.45) is -1.59. The number of anilines is 1. The molecular formula is C16H25F3N4. The van der Waals surface area contributed by atoms with Gasteiger partial charge in [-0.15, -0.1) is 0 Å². The normalized spacial score (nSPS) is 20.2. The maximum Gasteiger partial charge on any atom is 0.451 e. The maximum absolute atomic E-state index is 13.1. The van der Waals surface area contributed by atoms with Crippen LogP contribution in [-0.2, 0) is 6.18 Å². The van der Waals surface area contributed by atoms with Gasteiger partial charge in [-0.1, -0.05) is 13.8 Å². The zero-order valence-corrected chi connectivity index (χ0v) is 14.2. The Morgan fingerprint density at radius 1 is 1.17 bits per heavy atom. The van der Waals surface area contributed by atoms with Gasteiger partial charge in [-0.05, 0) is 39.3 Å². The average Bonchev–Trinajstić information content (AvgIpc) is 2.71. The predicted molar refractivity (Wildman–Crippen MR) is 84.7 cm³/mol. The highest BCUT2D eigenvalue weighted by molar-refractivity contribution is 5.41. The van der Waals surface area contributed by atoms with Crippen molar-refractivity contribution in [2.45, 2.75) is 51.2 Å². The number of hydrogen-bond donors (Lipinski definition) is 0. The standard InChI is InChI=1S/C16H25F3N4/c1-11(2)13-10-14(21-15(20-13)16(17,18)19)23-8-5-6-12(7-9-23)22(3)4/h10-12H,5-9H2,1-4H3/t12-/m0/s1. The van der Waals surface area contributed by atoms with Crippen molar-refractivity contribution in [2.24, 2.45) is 0 Å². The van der Waals surface area contributed by atoms with Crippen LogP contribution in [0.25, 0.3) is 0 Å². The van der Waals surface area contributed by atoms with Gasteiger partial charge in [0.2, 0.25) is 5.82 Å². The zero-order chi connectivity index (χ0) is 17.2. The minimum atomic E-state index is -4.52. The molecule has 1 aromatic rings. The fourth-order valence-corrected chi connectivity index (χ4v) is 2.86. The molecular weight excluding hydrogens is 305 g/mol.